The molecule has 0 radical (unpaired) electrons. The SMILES string of the molecule is CCc1nc(C2CCCCCC2)nc(CC)c1CCN. The Hall–Kier alpha value is -0.960. The van der Waals surface area contributed by atoms with Gasteiger partial charge < -0.3 is 5.73 Å². The molecule has 3 nitrogen and oxygen atoms in total. The highest BCUT2D eigenvalue weighted by Gasteiger charge is 2.20. The van der Waals surface area contributed by atoms with Crippen molar-refractivity contribution in [3.05, 3.63) is 22.8 Å². The number of hydrogen-bond acceptors (Lipinski definition) is 3. The quantitative estimate of drug-likeness (QED) is 0.836. The second kappa shape index (κ2) is 7.72. The van der Waals surface area contributed by atoms with Crippen molar-refractivity contribution < 1.29 is 0 Å². The van der Waals surface area contributed by atoms with Crippen LogP contribution in [0.15, 0.2) is 0 Å². The fourth-order valence-corrected chi connectivity index (χ4v) is 3.34. The van der Waals surface area contributed by atoms with Crippen molar-refractivity contribution in [3.8, 4) is 0 Å². The van der Waals surface area contributed by atoms with Crippen molar-refractivity contribution in [2.75, 3.05) is 6.54 Å². The highest BCUT2D eigenvalue weighted by Crippen LogP contribution is 2.30. The number of nitrogens with two attached hydrogens (primary N) is 1. The molecule has 20 heavy (non-hydrogen) atoms. The zero-order chi connectivity index (χ0) is 14.4. The number of hydrogen-bond donors (Lipinski definition) is 1. The molecule has 0 atom stereocenters. The molecule has 1 aromatic heterocycles. The van der Waals surface area contributed by atoms with E-state index in [-0.39, 0.29) is 0 Å². The molecule has 1 aromatic rings. The third-order valence-electron chi connectivity index (χ3n) is 4.48. The van der Waals surface area contributed by atoms with Gasteiger partial charge in [-0.1, -0.05) is 39.5 Å². The smallest absolute Gasteiger partial charge is 0.131 e. The summed E-state index contributed by atoms with van der Waals surface area (Å²) in [7, 11) is 0. The number of rotatable bonds is 5. The maximum atomic E-state index is 5.75. The van der Waals surface area contributed by atoms with Crippen LogP contribution in [0, 0.1) is 0 Å². The van der Waals surface area contributed by atoms with Gasteiger partial charge in [-0.15, -0.1) is 0 Å². The molecule has 2 rings (SSSR count). The summed E-state index contributed by atoms with van der Waals surface area (Å²) in [4.78, 5) is 9.83. The molecule has 0 amide bonds. The lowest BCUT2D eigenvalue weighted by Crippen LogP contribution is -2.15. The first-order chi connectivity index (χ1) is 9.80. The Bertz CT molecular complexity index is 395. The third kappa shape index (κ3) is 3.57. The minimum atomic E-state index is 0.583. The predicted octanol–water partition coefficient (Wildman–Crippen LogP) is 3.54. The van der Waals surface area contributed by atoms with E-state index in [2.05, 4.69) is 13.8 Å². The summed E-state index contributed by atoms with van der Waals surface area (Å²) in [5.74, 6) is 1.70. The summed E-state index contributed by atoms with van der Waals surface area (Å²) in [5, 5.41) is 0. The van der Waals surface area contributed by atoms with E-state index in [9.17, 15) is 0 Å². The van der Waals surface area contributed by atoms with Gasteiger partial charge in [-0.2, -0.15) is 0 Å². The Morgan fingerprint density at radius 3 is 1.95 bits per heavy atom. The molecule has 0 spiro atoms. The van der Waals surface area contributed by atoms with Crippen LogP contribution in [-0.4, -0.2) is 16.5 Å². The zero-order valence-electron chi connectivity index (χ0n) is 13.1. The van der Waals surface area contributed by atoms with Crippen LogP contribution in [0.2, 0.25) is 0 Å². The van der Waals surface area contributed by atoms with Crippen molar-refractivity contribution in [2.24, 2.45) is 5.73 Å². The average molecular weight is 275 g/mol. The molecule has 1 heterocycles. The van der Waals surface area contributed by atoms with Crippen molar-refractivity contribution >= 4 is 0 Å². The van der Waals surface area contributed by atoms with Gasteiger partial charge in [0.1, 0.15) is 5.82 Å². The Labute approximate surface area is 123 Å². The summed E-state index contributed by atoms with van der Waals surface area (Å²) >= 11 is 0. The molecule has 3 heteroatoms. The van der Waals surface area contributed by atoms with Crippen LogP contribution < -0.4 is 5.73 Å². The molecule has 1 saturated carbocycles. The summed E-state index contributed by atoms with van der Waals surface area (Å²) in [6.07, 6.45) is 10.9. The van der Waals surface area contributed by atoms with E-state index in [4.69, 9.17) is 15.7 Å². The first-order valence-electron chi connectivity index (χ1n) is 8.38. The van der Waals surface area contributed by atoms with Gasteiger partial charge in [-0.25, -0.2) is 9.97 Å². The van der Waals surface area contributed by atoms with Crippen LogP contribution in [0.3, 0.4) is 0 Å². The topological polar surface area (TPSA) is 51.8 Å². The van der Waals surface area contributed by atoms with E-state index in [1.54, 1.807) is 0 Å². The predicted molar refractivity (Wildman–Crippen MR) is 84.0 cm³/mol. The normalized spacial score (nSPS) is 17.1. The van der Waals surface area contributed by atoms with Gasteiger partial charge in [0.25, 0.3) is 0 Å². The second-order valence-electron chi connectivity index (χ2n) is 5.89. The van der Waals surface area contributed by atoms with Gasteiger partial charge in [0.15, 0.2) is 0 Å². The molecule has 0 bridgehead atoms. The Balaban J connectivity index is 2.33. The summed E-state index contributed by atoms with van der Waals surface area (Å²) in [5.41, 5.74) is 9.54. The van der Waals surface area contributed by atoms with E-state index in [0.717, 1.165) is 25.1 Å². The molecule has 0 aromatic carbocycles. The Morgan fingerprint density at radius 2 is 1.50 bits per heavy atom. The van der Waals surface area contributed by atoms with Crippen LogP contribution in [0.1, 0.15) is 81.1 Å². The minimum absolute atomic E-state index is 0.583. The van der Waals surface area contributed by atoms with E-state index < -0.39 is 0 Å². The maximum absolute atomic E-state index is 5.75. The highest BCUT2D eigenvalue weighted by molar-refractivity contribution is 5.27. The van der Waals surface area contributed by atoms with Crippen LogP contribution in [0.25, 0.3) is 0 Å². The maximum Gasteiger partial charge on any atom is 0.131 e. The van der Waals surface area contributed by atoms with Crippen molar-refractivity contribution in [1.82, 2.24) is 9.97 Å². The molecule has 1 aliphatic carbocycles. The van der Waals surface area contributed by atoms with Gasteiger partial charge in [-0.05, 0) is 44.2 Å². The summed E-state index contributed by atoms with van der Waals surface area (Å²) < 4.78 is 0. The van der Waals surface area contributed by atoms with Crippen LogP contribution in [0.4, 0.5) is 0 Å². The molecule has 0 aliphatic heterocycles. The minimum Gasteiger partial charge on any atom is -0.330 e. The van der Waals surface area contributed by atoms with Crippen LogP contribution in [-0.2, 0) is 19.3 Å². The number of aromatic nitrogens is 2. The van der Waals surface area contributed by atoms with Crippen molar-refractivity contribution in [1.29, 1.82) is 0 Å². The van der Waals surface area contributed by atoms with Crippen LogP contribution >= 0.6 is 0 Å². The highest BCUT2D eigenvalue weighted by atomic mass is 14.9. The van der Waals surface area contributed by atoms with Gasteiger partial charge in [0, 0.05) is 17.3 Å². The standard InChI is InChI=1S/C17H29N3/c1-3-15-14(11-12-18)16(4-2)20-17(19-15)13-9-7-5-6-8-10-13/h13H,3-12,18H2,1-2H3. The lowest BCUT2D eigenvalue weighted by molar-refractivity contribution is 0.552. The van der Waals surface area contributed by atoms with E-state index in [1.807, 2.05) is 0 Å². The Kier molecular flexibility index (Phi) is 5.96. The fraction of sp³-hybridized carbons (Fsp3) is 0.765. The largest absolute Gasteiger partial charge is 0.330 e. The van der Waals surface area contributed by atoms with E-state index in [0.29, 0.717) is 12.5 Å². The second-order valence-corrected chi connectivity index (χ2v) is 5.89. The van der Waals surface area contributed by atoms with E-state index in [1.165, 1.54) is 55.5 Å². The average Bonchev–Trinajstić information content (AvgIpc) is 2.76. The first kappa shape index (κ1) is 15.4. The van der Waals surface area contributed by atoms with Gasteiger partial charge in [0.05, 0.1) is 0 Å². The van der Waals surface area contributed by atoms with Gasteiger partial charge in [0.2, 0.25) is 0 Å². The molecule has 0 unspecified atom stereocenters. The molecular formula is C17H29N3. The van der Waals surface area contributed by atoms with Gasteiger partial charge in [-0.3, -0.25) is 0 Å². The first-order valence-corrected chi connectivity index (χ1v) is 8.38. The summed E-state index contributed by atoms with van der Waals surface area (Å²) in [6, 6.07) is 0. The van der Waals surface area contributed by atoms with Crippen molar-refractivity contribution in [2.45, 2.75) is 77.6 Å². The molecular weight excluding hydrogens is 246 g/mol. The monoisotopic (exact) mass is 275 g/mol. The van der Waals surface area contributed by atoms with Crippen molar-refractivity contribution in [3.63, 3.8) is 0 Å². The lowest BCUT2D eigenvalue weighted by atomic mass is 9.97. The number of aryl methyl sites for hydroxylation is 2. The molecule has 1 fully saturated rings. The number of nitrogens with zero attached hydrogens (tertiary/aromatic N) is 2. The lowest BCUT2D eigenvalue weighted by Gasteiger charge is -2.18. The zero-order valence-corrected chi connectivity index (χ0v) is 13.1. The third-order valence-corrected chi connectivity index (χ3v) is 4.48. The van der Waals surface area contributed by atoms with E-state index >= 15 is 0 Å². The summed E-state index contributed by atoms with van der Waals surface area (Å²) in [6.45, 7) is 5.07. The molecule has 2 N–H and O–H groups in total. The molecule has 0 saturated heterocycles. The molecule has 112 valence electrons. The van der Waals surface area contributed by atoms with Crippen LogP contribution in [0.5, 0.6) is 0 Å². The fourth-order valence-electron chi connectivity index (χ4n) is 3.34. The molecule has 1 aliphatic rings. The Morgan fingerprint density at radius 1 is 0.950 bits per heavy atom. The van der Waals surface area contributed by atoms with Gasteiger partial charge >= 0.3 is 0 Å².